The van der Waals surface area contributed by atoms with Crippen molar-refractivity contribution in [2.24, 2.45) is 0 Å². The summed E-state index contributed by atoms with van der Waals surface area (Å²) in [6, 6.07) is 13.4. The second-order valence-electron chi connectivity index (χ2n) is 6.31. The van der Waals surface area contributed by atoms with Gasteiger partial charge in [0.25, 0.3) is 11.6 Å². The van der Waals surface area contributed by atoms with Crippen molar-refractivity contribution in [3.63, 3.8) is 0 Å². The fourth-order valence-corrected chi connectivity index (χ4v) is 3.66. The van der Waals surface area contributed by atoms with E-state index in [2.05, 4.69) is 15.4 Å². The Hall–Kier alpha value is -3.92. The second kappa shape index (κ2) is 7.84. The lowest BCUT2D eigenvalue weighted by molar-refractivity contribution is -0.384. The first-order valence-corrected chi connectivity index (χ1v) is 9.57. The molecule has 0 radical (unpaired) electrons. The molecule has 0 aliphatic rings. The molecule has 4 aromatic rings. The average molecular weight is 423 g/mol. The molecule has 0 bridgehead atoms. The number of amides is 1. The zero-order valence-electron chi connectivity index (χ0n) is 15.6. The Labute approximate surface area is 173 Å². The van der Waals surface area contributed by atoms with E-state index in [0.717, 1.165) is 10.4 Å². The number of hydrogen-bond donors (Lipinski definition) is 1. The Balaban J connectivity index is 1.53. The number of nitro benzene ring substituents is 1. The molecule has 2 heterocycles. The van der Waals surface area contributed by atoms with Crippen LogP contribution in [0.2, 0.25) is 0 Å². The third kappa shape index (κ3) is 3.94. The molecule has 2 aromatic heterocycles. The summed E-state index contributed by atoms with van der Waals surface area (Å²) in [5.41, 5.74) is 1.95. The van der Waals surface area contributed by atoms with Gasteiger partial charge >= 0.3 is 0 Å². The summed E-state index contributed by atoms with van der Waals surface area (Å²) in [6.07, 6.45) is 1.55. The van der Waals surface area contributed by atoms with E-state index in [-0.39, 0.29) is 17.2 Å². The molecule has 0 unspecified atom stereocenters. The van der Waals surface area contributed by atoms with Crippen molar-refractivity contribution in [1.82, 2.24) is 14.8 Å². The maximum absolute atomic E-state index is 13.1. The summed E-state index contributed by atoms with van der Waals surface area (Å²) in [5, 5.41) is 18.2. The van der Waals surface area contributed by atoms with Gasteiger partial charge in [-0.25, -0.2) is 14.1 Å². The van der Waals surface area contributed by atoms with E-state index in [1.54, 1.807) is 30.5 Å². The molecule has 0 aliphatic heterocycles. The fourth-order valence-electron chi connectivity index (χ4n) is 2.82. The number of halogens is 1. The number of nitro groups is 1. The van der Waals surface area contributed by atoms with E-state index in [4.69, 9.17) is 0 Å². The molecule has 30 heavy (non-hydrogen) atoms. The fraction of sp³-hybridized carbons (Fsp3) is 0.0500. The number of anilines is 1. The molecule has 0 saturated carbocycles. The first-order valence-electron chi connectivity index (χ1n) is 8.76. The lowest BCUT2D eigenvalue weighted by Gasteiger charge is -2.01. The van der Waals surface area contributed by atoms with Crippen molar-refractivity contribution >= 4 is 28.1 Å². The van der Waals surface area contributed by atoms with Gasteiger partial charge in [-0.05, 0) is 43.3 Å². The number of aromatic nitrogens is 3. The van der Waals surface area contributed by atoms with Gasteiger partial charge in [0.15, 0.2) is 10.8 Å². The molecule has 1 N–H and O–H groups in total. The van der Waals surface area contributed by atoms with Crippen LogP contribution in [-0.4, -0.2) is 25.6 Å². The summed E-state index contributed by atoms with van der Waals surface area (Å²) >= 11 is 1.30. The number of carbonyl (C=O) groups excluding carboxylic acids is 1. The van der Waals surface area contributed by atoms with Gasteiger partial charge in [-0.1, -0.05) is 6.07 Å². The number of hydrogen-bond acceptors (Lipinski definition) is 6. The van der Waals surface area contributed by atoms with Crippen LogP contribution in [0.4, 0.5) is 15.2 Å². The highest BCUT2D eigenvalue weighted by Gasteiger charge is 2.16. The molecular weight excluding hydrogens is 409 g/mol. The van der Waals surface area contributed by atoms with E-state index in [1.807, 2.05) is 6.92 Å². The van der Waals surface area contributed by atoms with E-state index in [9.17, 15) is 19.3 Å². The van der Waals surface area contributed by atoms with Crippen molar-refractivity contribution < 1.29 is 14.1 Å². The number of nitrogens with zero attached hydrogens (tertiary/aromatic N) is 4. The lowest BCUT2D eigenvalue weighted by atomic mass is 10.1. The number of benzene rings is 2. The van der Waals surface area contributed by atoms with Crippen LogP contribution in [0.15, 0.2) is 60.8 Å². The molecule has 0 spiro atoms. The van der Waals surface area contributed by atoms with Crippen LogP contribution in [0.3, 0.4) is 0 Å². The summed E-state index contributed by atoms with van der Waals surface area (Å²) < 4.78 is 14.5. The van der Waals surface area contributed by atoms with Crippen LogP contribution in [-0.2, 0) is 0 Å². The number of aryl methyl sites for hydroxylation is 1. The summed E-state index contributed by atoms with van der Waals surface area (Å²) in [7, 11) is 0. The first-order chi connectivity index (χ1) is 14.4. The van der Waals surface area contributed by atoms with E-state index in [0.29, 0.717) is 16.5 Å². The Morgan fingerprint density at radius 1 is 1.20 bits per heavy atom. The molecule has 0 atom stereocenters. The molecule has 2 aromatic carbocycles. The molecule has 8 nitrogen and oxygen atoms in total. The third-order valence-electron chi connectivity index (χ3n) is 4.26. The Bertz CT molecular complexity index is 1250. The minimum absolute atomic E-state index is 0.0689. The van der Waals surface area contributed by atoms with Crippen LogP contribution in [0.1, 0.15) is 15.4 Å². The highest BCUT2D eigenvalue weighted by Crippen LogP contribution is 2.30. The molecule has 1 amide bonds. The number of rotatable bonds is 5. The van der Waals surface area contributed by atoms with E-state index in [1.165, 1.54) is 46.4 Å². The molecule has 10 heteroatoms. The number of nitrogens with one attached hydrogen (secondary N) is 1. The van der Waals surface area contributed by atoms with Crippen molar-refractivity contribution in [2.75, 3.05) is 5.32 Å². The number of thiazole rings is 1. The smallest absolute Gasteiger partial charge is 0.277 e. The molecule has 150 valence electrons. The van der Waals surface area contributed by atoms with Crippen LogP contribution in [0.25, 0.3) is 16.9 Å². The van der Waals surface area contributed by atoms with Gasteiger partial charge in [0, 0.05) is 28.8 Å². The SMILES string of the molecule is Cc1sc(NC(=O)c2ccn(-c3cccc([N+](=O)[O-])c3)n2)nc1-c1ccc(F)cc1. The van der Waals surface area contributed by atoms with Crippen molar-refractivity contribution in [2.45, 2.75) is 6.92 Å². The van der Waals surface area contributed by atoms with Crippen LogP contribution in [0.5, 0.6) is 0 Å². The lowest BCUT2D eigenvalue weighted by Crippen LogP contribution is -2.13. The van der Waals surface area contributed by atoms with Gasteiger partial charge < -0.3 is 0 Å². The quantitative estimate of drug-likeness (QED) is 0.373. The van der Waals surface area contributed by atoms with Crippen molar-refractivity contribution in [3.05, 3.63) is 87.3 Å². The van der Waals surface area contributed by atoms with Crippen molar-refractivity contribution in [1.29, 1.82) is 0 Å². The monoisotopic (exact) mass is 423 g/mol. The van der Waals surface area contributed by atoms with Gasteiger partial charge in [0.05, 0.1) is 16.3 Å². The summed E-state index contributed by atoms with van der Waals surface area (Å²) in [6.45, 7) is 1.86. The third-order valence-corrected chi connectivity index (χ3v) is 5.15. The largest absolute Gasteiger partial charge is 0.296 e. The Morgan fingerprint density at radius 2 is 1.97 bits per heavy atom. The van der Waals surface area contributed by atoms with Gasteiger partial charge in [-0.3, -0.25) is 20.2 Å². The maximum atomic E-state index is 13.1. The molecule has 0 fully saturated rings. The minimum Gasteiger partial charge on any atom is -0.296 e. The topological polar surface area (TPSA) is 103 Å². The second-order valence-corrected chi connectivity index (χ2v) is 7.51. The molecule has 0 saturated heterocycles. The highest BCUT2D eigenvalue weighted by atomic mass is 32.1. The standard InChI is InChI=1S/C20H14FN5O3S/c1-12-18(13-5-7-14(21)8-6-13)22-20(30-12)23-19(27)17-9-10-25(24-17)15-3-2-4-16(11-15)26(28)29/h2-11H,1H3,(H,22,23,27). The average Bonchev–Trinajstić information content (AvgIpc) is 3.36. The van der Waals surface area contributed by atoms with Gasteiger partial charge in [0.1, 0.15) is 5.82 Å². The van der Waals surface area contributed by atoms with Gasteiger partial charge in [-0.15, -0.1) is 11.3 Å². The molecule has 4 rings (SSSR count). The zero-order valence-corrected chi connectivity index (χ0v) is 16.4. The number of non-ortho nitro benzene ring substituents is 1. The predicted molar refractivity (Wildman–Crippen MR) is 110 cm³/mol. The van der Waals surface area contributed by atoms with Crippen LogP contribution >= 0.6 is 11.3 Å². The Morgan fingerprint density at radius 3 is 2.70 bits per heavy atom. The molecular formula is C20H14FN5O3S. The normalized spacial score (nSPS) is 10.7. The van der Waals surface area contributed by atoms with Crippen LogP contribution < -0.4 is 5.32 Å². The zero-order chi connectivity index (χ0) is 21.3. The van der Waals surface area contributed by atoms with Gasteiger partial charge in [-0.2, -0.15) is 5.10 Å². The highest BCUT2D eigenvalue weighted by molar-refractivity contribution is 7.16. The van der Waals surface area contributed by atoms with Gasteiger partial charge in [0.2, 0.25) is 0 Å². The van der Waals surface area contributed by atoms with E-state index >= 15 is 0 Å². The van der Waals surface area contributed by atoms with Crippen molar-refractivity contribution in [3.8, 4) is 16.9 Å². The maximum Gasteiger partial charge on any atom is 0.277 e. The first kappa shape index (κ1) is 19.4. The predicted octanol–water partition coefficient (Wildman–Crippen LogP) is 4.60. The number of carbonyl (C=O) groups is 1. The van der Waals surface area contributed by atoms with Crippen LogP contribution in [0, 0.1) is 22.9 Å². The molecule has 0 aliphatic carbocycles. The minimum atomic E-state index is -0.496. The Kier molecular flexibility index (Phi) is 5.07. The summed E-state index contributed by atoms with van der Waals surface area (Å²) in [5.74, 6) is -0.793. The summed E-state index contributed by atoms with van der Waals surface area (Å²) in [4.78, 5) is 28.3. The van der Waals surface area contributed by atoms with E-state index < -0.39 is 10.8 Å².